The van der Waals surface area contributed by atoms with E-state index in [4.69, 9.17) is 9.98 Å². The van der Waals surface area contributed by atoms with Crippen molar-refractivity contribution in [2.75, 3.05) is 0 Å². The largest absolute Gasteiger partial charge is 0.278 e. The Kier molecular flexibility index (Phi) is 11.2. The lowest BCUT2D eigenvalue weighted by Crippen LogP contribution is -2.18. The van der Waals surface area contributed by atoms with Gasteiger partial charge in [-0.1, -0.05) is 214 Å². The number of hydrogen-bond acceptors (Lipinski definition) is 2. The Labute approximate surface area is 446 Å². The molecule has 2 atom stereocenters. The fourth-order valence-electron chi connectivity index (χ4n) is 11.7. The summed E-state index contributed by atoms with van der Waals surface area (Å²) in [6, 6.07) is 97.5. The van der Waals surface area contributed by atoms with Crippen molar-refractivity contribution < 1.29 is 0 Å². The van der Waals surface area contributed by atoms with Crippen LogP contribution in [0, 0.1) is 0 Å². The topological polar surface area (TPSA) is 29.6 Å². The van der Waals surface area contributed by atoms with Crippen LogP contribution in [0.25, 0.3) is 99.7 Å². The number of aromatic nitrogens is 1. The first-order valence-corrected chi connectivity index (χ1v) is 27.3. The van der Waals surface area contributed by atoms with Gasteiger partial charge in [0, 0.05) is 21.8 Å². The molecule has 2 unspecified atom stereocenters. The first-order valence-electron chi connectivity index (χ1n) is 26.2. The van der Waals surface area contributed by atoms with Crippen molar-refractivity contribution in [3.05, 3.63) is 289 Å². The smallest absolute Gasteiger partial charge is 0.231 e. The van der Waals surface area contributed by atoms with Crippen molar-refractivity contribution >= 4 is 41.8 Å². The molecule has 0 amide bonds. The number of rotatable bonds is 8. The molecule has 0 radical (unpaired) electrons. The molecule has 14 rings (SSSR count). The molecule has 0 spiro atoms. The molecule has 1 aliphatic carbocycles. The van der Waals surface area contributed by atoms with Crippen LogP contribution in [0.2, 0.25) is 0 Å². The highest BCUT2D eigenvalue weighted by molar-refractivity contribution is 7.59. The van der Waals surface area contributed by atoms with Gasteiger partial charge in [0.15, 0.2) is 0 Å². The average Bonchev–Trinajstić information content (AvgIpc) is 3.96. The number of aliphatic imine (C=N–C) groups is 2. The Morgan fingerprint density at radius 3 is 1.37 bits per heavy atom. The lowest BCUT2D eigenvalue weighted by Gasteiger charge is -2.24. The minimum absolute atomic E-state index is 0.175. The minimum atomic E-state index is -0.200. The molecule has 360 valence electrons. The first kappa shape index (κ1) is 45.6. The highest BCUT2D eigenvalue weighted by Gasteiger charge is 2.36. The Bertz CT molecular complexity index is 4150. The van der Waals surface area contributed by atoms with E-state index in [0.29, 0.717) is 5.96 Å². The van der Waals surface area contributed by atoms with Gasteiger partial charge in [-0.25, -0.2) is 9.98 Å². The maximum Gasteiger partial charge on any atom is 0.231 e. The number of benzene rings is 11. The van der Waals surface area contributed by atoms with Crippen LogP contribution in [0.15, 0.2) is 277 Å². The second kappa shape index (κ2) is 18.7. The van der Waals surface area contributed by atoms with Crippen molar-refractivity contribution in [3.63, 3.8) is 0 Å². The zero-order chi connectivity index (χ0) is 50.7. The zero-order valence-electron chi connectivity index (χ0n) is 42.3. The van der Waals surface area contributed by atoms with Gasteiger partial charge in [-0.2, -0.15) is 0 Å². The van der Waals surface area contributed by atoms with Gasteiger partial charge in [0.2, 0.25) is 5.96 Å². The number of hydrogen-bond donors (Lipinski definition) is 0. The molecular formula is C72H52N3P. The van der Waals surface area contributed by atoms with E-state index in [2.05, 4.69) is 285 Å². The van der Waals surface area contributed by atoms with Gasteiger partial charge in [-0.3, -0.25) is 4.57 Å². The van der Waals surface area contributed by atoms with Crippen LogP contribution in [0.5, 0.6) is 0 Å². The summed E-state index contributed by atoms with van der Waals surface area (Å²) in [4.78, 5) is 11.5. The van der Waals surface area contributed by atoms with E-state index in [-0.39, 0.29) is 19.8 Å². The molecule has 2 aliphatic rings. The van der Waals surface area contributed by atoms with Crippen LogP contribution in [0.4, 0.5) is 0 Å². The van der Waals surface area contributed by atoms with Gasteiger partial charge in [0.1, 0.15) is 5.78 Å². The molecule has 1 aromatic heterocycles. The molecule has 12 aromatic rings. The minimum Gasteiger partial charge on any atom is -0.278 e. The van der Waals surface area contributed by atoms with Crippen LogP contribution >= 0.6 is 8.58 Å². The standard InChI is InChI=1S/C72H52N3P/c1-72(2)65-35-17-15-33-61(65)63-45-64-62-34-16-18-36-67(62)75(68(64)46-66(63)72)71-73-69(53-31-19-29-51(37-53)59-41-55(47-21-7-3-8-22-47)39-56(42-59)48-23-9-4-10-24-48)76-70(74-71)54-32-20-30-52(38-54)60-43-57(49-25-11-5-12-26-49)40-58(44-60)50-27-13-6-14-28-50/h3-46,69,76H,1-2H3. The van der Waals surface area contributed by atoms with Crippen LogP contribution in [-0.4, -0.2) is 16.0 Å². The van der Waals surface area contributed by atoms with E-state index >= 15 is 0 Å². The van der Waals surface area contributed by atoms with Crippen molar-refractivity contribution in [1.82, 2.24) is 4.57 Å². The molecule has 0 N–H and O–H groups in total. The molecule has 1 aliphatic heterocycles. The third kappa shape index (κ3) is 8.12. The molecule has 76 heavy (non-hydrogen) atoms. The predicted octanol–water partition coefficient (Wildman–Crippen LogP) is 19.1. The van der Waals surface area contributed by atoms with Gasteiger partial charge >= 0.3 is 0 Å². The molecule has 0 saturated carbocycles. The Morgan fingerprint density at radius 1 is 0.342 bits per heavy atom. The fourth-order valence-corrected chi connectivity index (χ4v) is 13.0. The van der Waals surface area contributed by atoms with Crippen LogP contribution in [0.1, 0.15) is 41.9 Å². The molecule has 0 saturated heterocycles. The van der Waals surface area contributed by atoms with Crippen molar-refractivity contribution in [3.8, 4) is 77.9 Å². The fraction of sp³-hybridized carbons (Fsp3) is 0.0556. The normalized spacial score (nSPS) is 14.8. The number of para-hydroxylation sites is 1. The highest BCUT2D eigenvalue weighted by atomic mass is 31.1. The first-order chi connectivity index (χ1) is 37.4. The summed E-state index contributed by atoms with van der Waals surface area (Å²) in [7, 11) is 0.266. The molecule has 0 bridgehead atoms. The van der Waals surface area contributed by atoms with Gasteiger partial charge < -0.3 is 0 Å². The van der Waals surface area contributed by atoms with Gasteiger partial charge in [0.25, 0.3) is 0 Å². The second-order valence-electron chi connectivity index (χ2n) is 20.6. The third-order valence-corrected chi connectivity index (χ3v) is 17.0. The molecule has 4 heteroatoms. The van der Waals surface area contributed by atoms with E-state index in [1.165, 1.54) is 83.1 Å². The van der Waals surface area contributed by atoms with Gasteiger partial charge in [-0.05, 0) is 170 Å². The Balaban J connectivity index is 0.944. The van der Waals surface area contributed by atoms with Gasteiger partial charge in [-0.15, -0.1) is 0 Å². The molecule has 11 aromatic carbocycles. The molecular weight excluding hydrogens is 938 g/mol. The van der Waals surface area contributed by atoms with E-state index in [9.17, 15) is 0 Å². The summed E-state index contributed by atoms with van der Waals surface area (Å²) in [6.07, 6.45) is 0. The summed E-state index contributed by atoms with van der Waals surface area (Å²) in [5, 5.41) is 2.39. The van der Waals surface area contributed by atoms with Crippen molar-refractivity contribution in [1.29, 1.82) is 0 Å². The van der Waals surface area contributed by atoms with Crippen LogP contribution < -0.4 is 0 Å². The van der Waals surface area contributed by atoms with Gasteiger partial charge in [0.05, 0.1) is 16.5 Å². The molecule has 0 fully saturated rings. The monoisotopic (exact) mass is 989 g/mol. The number of fused-ring (bicyclic) bond motifs is 6. The van der Waals surface area contributed by atoms with Crippen LogP contribution in [-0.2, 0) is 5.41 Å². The maximum atomic E-state index is 5.78. The van der Waals surface area contributed by atoms with Crippen LogP contribution in [0.3, 0.4) is 0 Å². The summed E-state index contributed by atoms with van der Waals surface area (Å²) >= 11 is 0. The summed E-state index contributed by atoms with van der Waals surface area (Å²) < 4.78 is 2.35. The van der Waals surface area contributed by atoms with E-state index in [0.717, 1.165) is 44.3 Å². The molecule has 3 nitrogen and oxygen atoms in total. The SMILES string of the molecule is CC1(C)c2ccccc2-c2cc3c4ccccc4n(C4=NC(c5cccc(-c6cc(-c7ccccc7)cc(-c7ccccc7)c6)c5)PC(c5cccc(-c6cc(-c7ccccc7)cc(-c7ccccc7)c6)c5)=N4)c3cc21. The van der Waals surface area contributed by atoms with E-state index < -0.39 is 0 Å². The summed E-state index contributed by atoms with van der Waals surface area (Å²) in [5.41, 5.74) is 24.7. The van der Waals surface area contributed by atoms with Crippen molar-refractivity contribution in [2.45, 2.75) is 25.0 Å². The molecule has 2 heterocycles. The lowest BCUT2D eigenvalue weighted by atomic mass is 9.82. The lowest BCUT2D eigenvalue weighted by molar-refractivity contribution is 0.661. The Morgan fingerprint density at radius 2 is 0.789 bits per heavy atom. The maximum absolute atomic E-state index is 5.78. The quantitative estimate of drug-likeness (QED) is 0.136. The summed E-state index contributed by atoms with van der Waals surface area (Å²) in [5.74, 6) is 0.498. The second-order valence-corrected chi connectivity index (χ2v) is 22.0. The highest BCUT2D eigenvalue weighted by Crippen LogP contribution is 2.51. The predicted molar refractivity (Wildman–Crippen MR) is 323 cm³/mol. The third-order valence-electron chi connectivity index (χ3n) is 15.6. The van der Waals surface area contributed by atoms with E-state index in [1.807, 2.05) is 0 Å². The number of nitrogens with zero attached hydrogens (tertiary/aromatic N) is 3. The zero-order valence-corrected chi connectivity index (χ0v) is 43.3. The Hall–Kier alpha value is -9.01. The summed E-state index contributed by atoms with van der Waals surface area (Å²) in [6.45, 7) is 4.72. The van der Waals surface area contributed by atoms with Crippen molar-refractivity contribution in [2.24, 2.45) is 9.98 Å². The average molecular weight is 990 g/mol. The van der Waals surface area contributed by atoms with E-state index in [1.54, 1.807) is 0 Å².